The van der Waals surface area contributed by atoms with Gasteiger partial charge in [0.05, 0.1) is 0 Å². The van der Waals surface area contributed by atoms with Gasteiger partial charge >= 0.3 is 0 Å². The van der Waals surface area contributed by atoms with Gasteiger partial charge in [-0.05, 0) is 61.5 Å². The second-order valence-corrected chi connectivity index (χ2v) is 7.91. The molecule has 1 aliphatic rings. The maximum Gasteiger partial charge on any atom is 0.191 e. The molecule has 0 bridgehead atoms. The van der Waals surface area contributed by atoms with Crippen molar-refractivity contribution < 1.29 is 8.78 Å². The third kappa shape index (κ3) is 5.26. The predicted octanol–water partition coefficient (Wildman–Crippen LogP) is 3.77. The maximum absolute atomic E-state index is 13.3. The molecule has 2 atom stereocenters. The van der Waals surface area contributed by atoms with Crippen LogP contribution in [0.2, 0.25) is 0 Å². The van der Waals surface area contributed by atoms with Gasteiger partial charge in [-0.1, -0.05) is 6.07 Å². The third-order valence-electron chi connectivity index (χ3n) is 4.98. The number of nitrogens with one attached hydrogen (secondary N) is 2. The van der Waals surface area contributed by atoms with Gasteiger partial charge in [0.25, 0.3) is 0 Å². The first-order chi connectivity index (χ1) is 13.1. The van der Waals surface area contributed by atoms with Gasteiger partial charge in [-0.15, -0.1) is 11.3 Å². The largest absolute Gasteiger partial charge is 0.356 e. The minimum absolute atomic E-state index is 0.313. The van der Waals surface area contributed by atoms with Gasteiger partial charge < -0.3 is 10.6 Å². The van der Waals surface area contributed by atoms with Crippen molar-refractivity contribution in [1.29, 1.82) is 0 Å². The molecule has 0 spiro atoms. The Morgan fingerprint density at radius 2 is 2.04 bits per heavy atom. The zero-order valence-electron chi connectivity index (χ0n) is 15.7. The van der Waals surface area contributed by atoms with Crippen LogP contribution in [0.25, 0.3) is 0 Å². The van der Waals surface area contributed by atoms with Crippen molar-refractivity contribution in [2.75, 3.05) is 27.2 Å². The summed E-state index contributed by atoms with van der Waals surface area (Å²) in [5.41, 5.74) is 0.546. The Hall–Kier alpha value is -1.99. The van der Waals surface area contributed by atoms with Crippen LogP contribution in [-0.4, -0.2) is 38.0 Å². The van der Waals surface area contributed by atoms with Crippen LogP contribution >= 0.6 is 11.3 Å². The maximum atomic E-state index is 13.3. The van der Waals surface area contributed by atoms with Gasteiger partial charge in [0.2, 0.25) is 0 Å². The third-order valence-corrected chi connectivity index (χ3v) is 5.92. The topological polar surface area (TPSA) is 39.7 Å². The average Bonchev–Trinajstić information content (AvgIpc) is 3.15. The summed E-state index contributed by atoms with van der Waals surface area (Å²) in [5.74, 6) is -0.0250. The van der Waals surface area contributed by atoms with E-state index in [1.807, 2.05) is 0 Å². The van der Waals surface area contributed by atoms with E-state index in [1.165, 1.54) is 23.4 Å². The molecular formula is C20H26F2N4S. The van der Waals surface area contributed by atoms with Crippen molar-refractivity contribution in [3.8, 4) is 0 Å². The van der Waals surface area contributed by atoms with E-state index in [9.17, 15) is 8.78 Å². The van der Waals surface area contributed by atoms with Crippen LogP contribution in [0.5, 0.6) is 0 Å². The van der Waals surface area contributed by atoms with E-state index in [4.69, 9.17) is 0 Å². The Kier molecular flexibility index (Phi) is 6.79. The summed E-state index contributed by atoms with van der Waals surface area (Å²) in [6, 6.07) is 8.24. The summed E-state index contributed by atoms with van der Waals surface area (Å²) in [4.78, 5) is 8.05. The lowest BCUT2D eigenvalue weighted by Crippen LogP contribution is -2.44. The molecule has 7 heteroatoms. The molecule has 0 amide bonds. The molecule has 2 aromatic rings. The molecule has 1 aliphatic heterocycles. The molecular weight excluding hydrogens is 366 g/mol. The van der Waals surface area contributed by atoms with E-state index in [2.05, 4.69) is 45.1 Å². The fraction of sp³-hybridized carbons (Fsp3) is 0.450. The van der Waals surface area contributed by atoms with E-state index in [0.29, 0.717) is 30.0 Å². The highest BCUT2D eigenvalue weighted by Crippen LogP contribution is 2.36. The van der Waals surface area contributed by atoms with E-state index in [1.54, 1.807) is 18.4 Å². The molecule has 0 radical (unpaired) electrons. The van der Waals surface area contributed by atoms with Crippen LogP contribution < -0.4 is 10.6 Å². The highest BCUT2D eigenvalue weighted by atomic mass is 32.1. The molecule has 1 aromatic heterocycles. The van der Waals surface area contributed by atoms with Crippen LogP contribution in [0.1, 0.15) is 29.3 Å². The Bertz CT molecular complexity index is 743. The van der Waals surface area contributed by atoms with Gasteiger partial charge in [0.1, 0.15) is 11.6 Å². The summed E-state index contributed by atoms with van der Waals surface area (Å²) >= 11 is 1.80. The zero-order chi connectivity index (χ0) is 19.2. The molecule has 0 saturated carbocycles. The number of rotatable bonds is 5. The molecule has 27 heavy (non-hydrogen) atoms. The lowest BCUT2D eigenvalue weighted by Gasteiger charge is -2.39. The Labute approximate surface area is 163 Å². The van der Waals surface area contributed by atoms with Crippen LogP contribution in [-0.2, 0) is 6.54 Å². The molecule has 146 valence electrons. The molecule has 2 heterocycles. The quantitative estimate of drug-likeness (QED) is 0.601. The van der Waals surface area contributed by atoms with Crippen molar-refractivity contribution in [2.45, 2.75) is 25.4 Å². The minimum Gasteiger partial charge on any atom is -0.356 e. The van der Waals surface area contributed by atoms with E-state index in [-0.39, 0.29) is 0 Å². The van der Waals surface area contributed by atoms with Crippen LogP contribution in [0, 0.1) is 17.6 Å². The van der Waals surface area contributed by atoms with Crippen molar-refractivity contribution in [2.24, 2.45) is 10.9 Å². The Morgan fingerprint density at radius 1 is 1.26 bits per heavy atom. The first kappa shape index (κ1) is 19.8. The molecule has 1 fully saturated rings. The number of thiophene rings is 1. The standard InChI is InChI=1S/C20H26F2N4S/c1-23-20(24-12-14-9-16(21)11-17(22)10-14)25-13-15-5-3-7-26(2)19(15)18-6-4-8-27-18/h4,6,8-11,15,19H,3,5,7,12-13H2,1-2H3,(H2,23,24,25). The molecule has 2 N–H and O–H groups in total. The van der Waals surface area contributed by atoms with Gasteiger partial charge in [-0.2, -0.15) is 0 Å². The van der Waals surface area contributed by atoms with Gasteiger partial charge in [0.15, 0.2) is 5.96 Å². The summed E-state index contributed by atoms with van der Waals surface area (Å²) in [5, 5.41) is 8.64. The predicted molar refractivity (Wildman–Crippen MR) is 107 cm³/mol. The van der Waals surface area contributed by atoms with E-state index >= 15 is 0 Å². The fourth-order valence-corrected chi connectivity index (χ4v) is 4.71. The van der Waals surface area contributed by atoms with Crippen LogP contribution in [0.3, 0.4) is 0 Å². The van der Waals surface area contributed by atoms with Gasteiger partial charge in [0, 0.05) is 37.1 Å². The summed E-state index contributed by atoms with van der Waals surface area (Å²) in [6.07, 6.45) is 2.34. The lowest BCUT2D eigenvalue weighted by molar-refractivity contribution is 0.125. The number of guanidine groups is 1. The van der Waals surface area contributed by atoms with E-state index in [0.717, 1.165) is 25.6 Å². The molecule has 2 unspecified atom stereocenters. The number of likely N-dealkylation sites (tertiary alicyclic amines) is 1. The SMILES string of the molecule is CN=C(NCc1cc(F)cc(F)c1)NCC1CCCN(C)C1c1cccs1. The second kappa shape index (κ2) is 9.28. The van der Waals surface area contributed by atoms with Crippen molar-refractivity contribution >= 4 is 17.3 Å². The smallest absolute Gasteiger partial charge is 0.191 e. The normalized spacial score (nSPS) is 21.3. The van der Waals surface area contributed by atoms with Crippen molar-refractivity contribution in [1.82, 2.24) is 15.5 Å². The molecule has 3 rings (SSSR count). The number of nitrogens with zero attached hydrogens (tertiary/aromatic N) is 2. The zero-order valence-corrected chi connectivity index (χ0v) is 16.5. The van der Waals surface area contributed by atoms with Crippen molar-refractivity contribution in [3.63, 3.8) is 0 Å². The highest BCUT2D eigenvalue weighted by molar-refractivity contribution is 7.10. The summed E-state index contributed by atoms with van der Waals surface area (Å²) in [7, 11) is 3.88. The number of aliphatic imine (C=N–C) groups is 1. The first-order valence-electron chi connectivity index (χ1n) is 9.20. The first-order valence-corrected chi connectivity index (χ1v) is 10.1. The van der Waals surface area contributed by atoms with Crippen LogP contribution in [0.15, 0.2) is 40.7 Å². The molecule has 1 aromatic carbocycles. The Balaban J connectivity index is 1.58. The minimum atomic E-state index is -0.571. The average molecular weight is 393 g/mol. The van der Waals surface area contributed by atoms with Gasteiger partial charge in [-0.3, -0.25) is 9.89 Å². The lowest BCUT2D eigenvalue weighted by atomic mass is 9.88. The number of piperidine rings is 1. The van der Waals surface area contributed by atoms with Crippen molar-refractivity contribution in [3.05, 3.63) is 57.8 Å². The number of hydrogen-bond acceptors (Lipinski definition) is 3. The van der Waals surface area contributed by atoms with Crippen LogP contribution in [0.4, 0.5) is 8.78 Å². The summed E-state index contributed by atoms with van der Waals surface area (Å²) < 4.78 is 26.6. The molecule has 1 saturated heterocycles. The number of benzene rings is 1. The van der Waals surface area contributed by atoms with E-state index < -0.39 is 11.6 Å². The number of halogens is 2. The fourth-order valence-electron chi connectivity index (χ4n) is 3.73. The summed E-state index contributed by atoms with van der Waals surface area (Å²) in [6.45, 7) is 2.22. The molecule has 0 aliphatic carbocycles. The Morgan fingerprint density at radius 3 is 2.70 bits per heavy atom. The monoisotopic (exact) mass is 392 g/mol. The van der Waals surface area contributed by atoms with Gasteiger partial charge in [-0.25, -0.2) is 8.78 Å². The number of hydrogen-bond donors (Lipinski definition) is 2. The highest BCUT2D eigenvalue weighted by Gasteiger charge is 2.31. The second-order valence-electron chi connectivity index (χ2n) is 6.93. The molecule has 4 nitrogen and oxygen atoms in total.